The van der Waals surface area contributed by atoms with Crippen LogP contribution in [0.15, 0.2) is 24.3 Å². The molecule has 3 rings (SSSR count). The van der Waals surface area contributed by atoms with Crippen molar-refractivity contribution in [1.82, 2.24) is 20.0 Å². The molecule has 1 unspecified atom stereocenters. The first kappa shape index (κ1) is 21.7. The topological polar surface area (TPSA) is 50.2 Å². The largest absolute Gasteiger partial charge is 0.342 e. The lowest BCUT2D eigenvalue weighted by atomic mass is 9.97. The molecule has 1 aromatic heterocycles. The van der Waals surface area contributed by atoms with E-state index in [1.165, 1.54) is 6.42 Å². The molecular formula is C20H28Cl2N4O. The molecule has 1 fully saturated rings. The fourth-order valence-electron chi connectivity index (χ4n) is 3.77. The van der Waals surface area contributed by atoms with Crippen LogP contribution in [0.3, 0.4) is 0 Å². The van der Waals surface area contributed by atoms with E-state index in [9.17, 15) is 4.79 Å². The van der Waals surface area contributed by atoms with Gasteiger partial charge in [0.05, 0.1) is 17.8 Å². The van der Waals surface area contributed by atoms with Gasteiger partial charge in [0.15, 0.2) is 0 Å². The Morgan fingerprint density at radius 3 is 2.67 bits per heavy atom. The van der Waals surface area contributed by atoms with Crippen molar-refractivity contribution in [2.24, 2.45) is 5.92 Å². The van der Waals surface area contributed by atoms with Crippen LogP contribution in [0.4, 0.5) is 0 Å². The lowest BCUT2D eigenvalue weighted by Gasteiger charge is -2.32. The van der Waals surface area contributed by atoms with E-state index in [0.717, 1.165) is 48.7 Å². The molecule has 2 heterocycles. The minimum Gasteiger partial charge on any atom is -0.342 e. The Morgan fingerprint density at radius 2 is 2.00 bits per heavy atom. The zero-order chi connectivity index (χ0) is 18.7. The number of nitrogens with one attached hydrogen (secondary N) is 1. The summed E-state index contributed by atoms with van der Waals surface area (Å²) in [6.07, 6.45) is 2.69. The van der Waals surface area contributed by atoms with E-state index in [1.807, 2.05) is 54.7 Å². The molecule has 0 saturated carbocycles. The molecule has 0 aliphatic carbocycles. The highest BCUT2D eigenvalue weighted by molar-refractivity contribution is 6.30. The Balaban J connectivity index is 0.00000261. The highest BCUT2D eigenvalue weighted by Gasteiger charge is 2.25. The quantitative estimate of drug-likeness (QED) is 0.819. The summed E-state index contributed by atoms with van der Waals surface area (Å²) in [5, 5.41) is 8.58. The van der Waals surface area contributed by atoms with Crippen molar-refractivity contribution in [3.8, 4) is 5.69 Å². The summed E-state index contributed by atoms with van der Waals surface area (Å²) >= 11 is 5.98. The number of piperidine rings is 1. The molecule has 1 aliphatic heterocycles. The Morgan fingerprint density at radius 1 is 1.30 bits per heavy atom. The van der Waals surface area contributed by atoms with Gasteiger partial charge in [0, 0.05) is 29.4 Å². The highest BCUT2D eigenvalue weighted by atomic mass is 35.5. The molecule has 1 saturated heterocycles. The summed E-state index contributed by atoms with van der Waals surface area (Å²) in [5.74, 6) is 0.754. The average Bonchev–Trinajstić information content (AvgIpc) is 2.91. The van der Waals surface area contributed by atoms with Crippen molar-refractivity contribution in [3.05, 3.63) is 46.2 Å². The monoisotopic (exact) mass is 410 g/mol. The molecule has 148 valence electrons. The normalized spacial score (nSPS) is 16.9. The van der Waals surface area contributed by atoms with Gasteiger partial charge in [-0.2, -0.15) is 5.10 Å². The fraction of sp³-hybridized carbons (Fsp3) is 0.500. The first-order valence-electron chi connectivity index (χ1n) is 9.23. The Bertz CT molecular complexity index is 771. The highest BCUT2D eigenvalue weighted by Crippen LogP contribution is 2.22. The van der Waals surface area contributed by atoms with Crippen LogP contribution in [0.2, 0.25) is 5.02 Å². The molecule has 0 radical (unpaired) electrons. The number of carbonyl (C=O) groups is 1. The Labute approximate surface area is 172 Å². The van der Waals surface area contributed by atoms with E-state index in [-0.39, 0.29) is 18.3 Å². The van der Waals surface area contributed by atoms with Gasteiger partial charge in [-0.25, -0.2) is 4.68 Å². The van der Waals surface area contributed by atoms with Crippen LogP contribution in [0, 0.1) is 19.8 Å². The van der Waals surface area contributed by atoms with Crippen LogP contribution in [-0.2, 0) is 11.2 Å². The maximum Gasteiger partial charge on any atom is 0.227 e. The maximum absolute atomic E-state index is 12.9. The van der Waals surface area contributed by atoms with Gasteiger partial charge in [0.1, 0.15) is 0 Å². The molecule has 1 N–H and O–H groups in total. The third-order valence-corrected chi connectivity index (χ3v) is 5.46. The predicted octanol–water partition coefficient (Wildman–Crippen LogP) is 3.56. The first-order valence-corrected chi connectivity index (χ1v) is 9.60. The summed E-state index contributed by atoms with van der Waals surface area (Å²) < 4.78 is 1.90. The van der Waals surface area contributed by atoms with Crippen LogP contribution in [0.1, 0.15) is 29.8 Å². The van der Waals surface area contributed by atoms with Crippen LogP contribution < -0.4 is 5.32 Å². The van der Waals surface area contributed by atoms with Crippen LogP contribution in [0.5, 0.6) is 0 Å². The van der Waals surface area contributed by atoms with E-state index in [2.05, 4.69) is 10.4 Å². The van der Waals surface area contributed by atoms with Crippen molar-refractivity contribution in [2.45, 2.75) is 33.1 Å². The molecule has 1 aliphatic rings. The number of aryl methyl sites for hydroxylation is 1. The molecule has 7 heteroatoms. The number of aromatic nitrogens is 2. The zero-order valence-electron chi connectivity index (χ0n) is 16.2. The minimum atomic E-state index is 0. The minimum absolute atomic E-state index is 0. The van der Waals surface area contributed by atoms with Crippen molar-refractivity contribution < 1.29 is 4.79 Å². The molecule has 1 aromatic carbocycles. The van der Waals surface area contributed by atoms with E-state index in [4.69, 9.17) is 11.6 Å². The third-order valence-electron chi connectivity index (χ3n) is 5.20. The number of likely N-dealkylation sites (tertiary alicyclic amines) is 1. The van der Waals surface area contributed by atoms with Gasteiger partial charge >= 0.3 is 0 Å². The van der Waals surface area contributed by atoms with Gasteiger partial charge < -0.3 is 10.2 Å². The van der Waals surface area contributed by atoms with E-state index >= 15 is 0 Å². The number of carbonyl (C=O) groups excluding carboxylic acids is 1. The van der Waals surface area contributed by atoms with Crippen molar-refractivity contribution in [3.63, 3.8) is 0 Å². The summed E-state index contributed by atoms with van der Waals surface area (Å²) in [6, 6.07) is 7.60. The number of hydrogen-bond acceptors (Lipinski definition) is 3. The van der Waals surface area contributed by atoms with Gasteiger partial charge in [0.2, 0.25) is 5.91 Å². The molecular weight excluding hydrogens is 383 g/mol. The smallest absolute Gasteiger partial charge is 0.227 e. The average molecular weight is 411 g/mol. The first-order chi connectivity index (χ1) is 12.5. The molecule has 0 spiro atoms. The number of hydrogen-bond donors (Lipinski definition) is 1. The standard InChI is InChI=1S/C20H27ClN4O.ClH/c1-14-19(11-20(26)24-10-4-5-16(13-24)12-22-3)15(2)25(23-14)18-8-6-17(21)7-9-18;/h6-9,16,22H,4-5,10-13H2,1-3H3;1H. The number of nitrogens with zero attached hydrogens (tertiary/aromatic N) is 3. The van der Waals surface area contributed by atoms with Crippen molar-refractivity contribution in [1.29, 1.82) is 0 Å². The SMILES string of the molecule is CNCC1CCCN(C(=O)Cc2c(C)nn(-c3ccc(Cl)cc3)c2C)C1.Cl. The summed E-state index contributed by atoms with van der Waals surface area (Å²) in [7, 11) is 1.97. The lowest BCUT2D eigenvalue weighted by molar-refractivity contribution is -0.132. The van der Waals surface area contributed by atoms with Gasteiger partial charge in [-0.05, 0) is 70.5 Å². The van der Waals surface area contributed by atoms with Crippen LogP contribution in [-0.4, -0.2) is 47.3 Å². The summed E-state index contributed by atoms with van der Waals surface area (Å²) in [5.41, 5.74) is 3.91. The molecule has 1 atom stereocenters. The van der Waals surface area contributed by atoms with Gasteiger partial charge in [-0.1, -0.05) is 11.6 Å². The van der Waals surface area contributed by atoms with Gasteiger partial charge in [-0.15, -0.1) is 12.4 Å². The second-order valence-electron chi connectivity index (χ2n) is 7.12. The Hall–Kier alpha value is -1.56. The van der Waals surface area contributed by atoms with E-state index in [1.54, 1.807) is 0 Å². The van der Waals surface area contributed by atoms with Crippen molar-refractivity contribution in [2.75, 3.05) is 26.7 Å². The number of rotatable bonds is 5. The van der Waals surface area contributed by atoms with E-state index < -0.39 is 0 Å². The maximum atomic E-state index is 12.9. The molecule has 27 heavy (non-hydrogen) atoms. The van der Waals surface area contributed by atoms with Crippen LogP contribution >= 0.6 is 24.0 Å². The Kier molecular flexibility index (Phi) is 7.71. The number of halogens is 2. The second-order valence-corrected chi connectivity index (χ2v) is 7.56. The van der Waals surface area contributed by atoms with Crippen molar-refractivity contribution >= 4 is 29.9 Å². The molecule has 1 amide bonds. The third kappa shape index (κ3) is 5.03. The van der Waals surface area contributed by atoms with E-state index in [0.29, 0.717) is 17.4 Å². The van der Waals surface area contributed by atoms with Crippen LogP contribution in [0.25, 0.3) is 5.69 Å². The van der Waals surface area contributed by atoms with Gasteiger partial charge in [0.25, 0.3) is 0 Å². The summed E-state index contributed by atoms with van der Waals surface area (Å²) in [4.78, 5) is 14.9. The zero-order valence-corrected chi connectivity index (χ0v) is 17.7. The van der Waals surface area contributed by atoms with Gasteiger partial charge in [-0.3, -0.25) is 4.79 Å². The lowest BCUT2D eigenvalue weighted by Crippen LogP contribution is -2.43. The molecule has 2 aromatic rings. The molecule has 0 bridgehead atoms. The number of amides is 1. The number of benzene rings is 1. The molecule has 5 nitrogen and oxygen atoms in total. The summed E-state index contributed by atoms with van der Waals surface area (Å²) in [6.45, 7) is 6.68. The predicted molar refractivity (Wildman–Crippen MR) is 112 cm³/mol. The fourth-order valence-corrected chi connectivity index (χ4v) is 3.90. The second kappa shape index (κ2) is 9.58.